The van der Waals surface area contributed by atoms with Crippen LogP contribution in [0.2, 0.25) is 0 Å². The summed E-state index contributed by atoms with van der Waals surface area (Å²) in [6, 6.07) is 0. The van der Waals surface area contributed by atoms with Gasteiger partial charge in [0.05, 0.1) is 5.92 Å². The van der Waals surface area contributed by atoms with Crippen molar-refractivity contribution >= 4 is 23.3 Å². The highest BCUT2D eigenvalue weighted by atomic mass is 32.2. The van der Waals surface area contributed by atoms with E-state index in [1.807, 2.05) is 13.8 Å². The zero-order chi connectivity index (χ0) is 11.1. The standard InChI is InChI=1S/C9H17NO3S/c1-5-10(6-2)9(12)14-13-8(11)7(3)4/h7H,5-6H2,1-4H3. The monoisotopic (exact) mass is 219 g/mol. The molecule has 0 aromatic carbocycles. The van der Waals surface area contributed by atoms with Crippen LogP contribution in [0.3, 0.4) is 0 Å². The van der Waals surface area contributed by atoms with E-state index < -0.39 is 0 Å². The highest BCUT2D eigenvalue weighted by Crippen LogP contribution is 2.12. The number of nitrogens with zero attached hydrogens (tertiary/aromatic N) is 1. The van der Waals surface area contributed by atoms with E-state index in [1.165, 1.54) is 0 Å². The molecule has 0 saturated carbocycles. The molecule has 0 aliphatic rings. The number of hydrogen-bond donors (Lipinski definition) is 0. The van der Waals surface area contributed by atoms with Gasteiger partial charge in [-0.3, -0.25) is 9.59 Å². The molecule has 0 heterocycles. The van der Waals surface area contributed by atoms with Gasteiger partial charge in [0.2, 0.25) is 0 Å². The Labute approximate surface area is 89.2 Å². The van der Waals surface area contributed by atoms with E-state index in [9.17, 15) is 9.59 Å². The lowest BCUT2D eigenvalue weighted by molar-refractivity contribution is -0.136. The van der Waals surface area contributed by atoms with Crippen LogP contribution in [0.1, 0.15) is 27.7 Å². The summed E-state index contributed by atoms with van der Waals surface area (Å²) in [6.45, 7) is 8.47. The third-order valence-corrected chi connectivity index (χ3v) is 2.34. The first-order valence-corrected chi connectivity index (χ1v) is 5.44. The summed E-state index contributed by atoms with van der Waals surface area (Å²) >= 11 is 0.608. The van der Waals surface area contributed by atoms with Gasteiger partial charge in [-0.1, -0.05) is 13.8 Å². The molecular weight excluding hydrogens is 202 g/mol. The van der Waals surface area contributed by atoms with Crippen molar-refractivity contribution in [2.75, 3.05) is 13.1 Å². The SMILES string of the molecule is CCN(CC)C(=O)SOC(=O)C(C)C. The minimum atomic E-state index is -0.365. The minimum absolute atomic E-state index is 0.202. The van der Waals surface area contributed by atoms with Crippen molar-refractivity contribution < 1.29 is 13.8 Å². The molecule has 0 N–H and O–H groups in total. The van der Waals surface area contributed by atoms with Gasteiger partial charge in [0, 0.05) is 13.1 Å². The third-order valence-electron chi connectivity index (χ3n) is 1.69. The van der Waals surface area contributed by atoms with Crippen LogP contribution >= 0.6 is 12.0 Å². The average Bonchev–Trinajstić information content (AvgIpc) is 2.15. The van der Waals surface area contributed by atoms with Crippen molar-refractivity contribution in [3.05, 3.63) is 0 Å². The molecule has 1 amide bonds. The molecule has 0 fully saturated rings. The lowest BCUT2D eigenvalue weighted by Crippen LogP contribution is -2.27. The molecule has 0 spiro atoms. The Balaban J connectivity index is 3.89. The second-order valence-corrected chi connectivity index (χ2v) is 3.76. The summed E-state index contributed by atoms with van der Waals surface area (Å²) in [5.41, 5.74) is 0. The van der Waals surface area contributed by atoms with Gasteiger partial charge in [-0.25, -0.2) is 0 Å². The molecule has 14 heavy (non-hydrogen) atoms. The predicted octanol–water partition coefficient (Wildman–Crippen LogP) is 2.30. The first-order valence-electron chi connectivity index (χ1n) is 4.70. The molecule has 5 heteroatoms. The van der Waals surface area contributed by atoms with Crippen LogP contribution in [0.25, 0.3) is 0 Å². The maximum Gasteiger partial charge on any atom is 0.321 e. The molecule has 0 unspecified atom stereocenters. The lowest BCUT2D eigenvalue weighted by atomic mass is 10.2. The molecule has 4 nitrogen and oxygen atoms in total. The summed E-state index contributed by atoms with van der Waals surface area (Å²) in [4.78, 5) is 24.0. The number of hydrogen-bond acceptors (Lipinski definition) is 4. The first-order chi connectivity index (χ1) is 6.52. The van der Waals surface area contributed by atoms with Gasteiger partial charge >= 0.3 is 11.2 Å². The first kappa shape index (κ1) is 13.3. The topological polar surface area (TPSA) is 46.6 Å². The van der Waals surface area contributed by atoms with Crippen molar-refractivity contribution in [2.24, 2.45) is 5.92 Å². The van der Waals surface area contributed by atoms with Crippen molar-refractivity contribution in [1.82, 2.24) is 4.90 Å². The van der Waals surface area contributed by atoms with Crippen LogP contribution in [-0.4, -0.2) is 29.2 Å². The zero-order valence-electron chi connectivity index (χ0n) is 9.07. The maximum atomic E-state index is 11.3. The largest absolute Gasteiger partial charge is 0.381 e. The number of carbonyl (C=O) groups excluding carboxylic acids is 2. The molecule has 0 bridgehead atoms. The molecule has 0 aromatic heterocycles. The van der Waals surface area contributed by atoms with Gasteiger partial charge in [0.1, 0.15) is 0 Å². The van der Waals surface area contributed by atoms with E-state index in [2.05, 4.69) is 0 Å². The summed E-state index contributed by atoms with van der Waals surface area (Å²) in [6.07, 6.45) is 0. The van der Waals surface area contributed by atoms with Gasteiger partial charge in [-0.15, -0.1) is 0 Å². The highest BCUT2D eigenvalue weighted by molar-refractivity contribution is 8.09. The Morgan fingerprint density at radius 1 is 1.29 bits per heavy atom. The van der Waals surface area contributed by atoms with Gasteiger partial charge < -0.3 is 9.08 Å². The summed E-state index contributed by atoms with van der Waals surface area (Å²) < 4.78 is 4.74. The van der Waals surface area contributed by atoms with Crippen molar-refractivity contribution in [3.63, 3.8) is 0 Å². The van der Waals surface area contributed by atoms with Crippen LogP contribution in [-0.2, 0) is 8.98 Å². The Bertz CT molecular complexity index is 202. The predicted molar refractivity (Wildman–Crippen MR) is 56.8 cm³/mol. The van der Waals surface area contributed by atoms with Gasteiger partial charge in [-0.05, 0) is 13.8 Å². The summed E-state index contributed by atoms with van der Waals surface area (Å²) in [7, 11) is 0. The van der Waals surface area contributed by atoms with Crippen LogP contribution in [0, 0.1) is 5.92 Å². The quantitative estimate of drug-likeness (QED) is 0.683. The smallest absolute Gasteiger partial charge is 0.321 e. The van der Waals surface area contributed by atoms with Crippen molar-refractivity contribution in [2.45, 2.75) is 27.7 Å². The third kappa shape index (κ3) is 4.50. The highest BCUT2D eigenvalue weighted by Gasteiger charge is 2.16. The normalized spacial score (nSPS) is 10.1. The summed E-state index contributed by atoms with van der Waals surface area (Å²) in [5.74, 6) is -0.567. The fourth-order valence-corrected chi connectivity index (χ4v) is 1.42. The second-order valence-electron chi connectivity index (χ2n) is 3.08. The number of rotatable bonds is 3. The molecular formula is C9H17NO3S. The Morgan fingerprint density at radius 2 is 1.79 bits per heavy atom. The number of amides is 1. The molecule has 0 aliphatic heterocycles. The van der Waals surface area contributed by atoms with Gasteiger partial charge in [0.15, 0.2) is 12.0 Å². The molecule has 0 aliphatic carbocycles. The van der Waals surface area contributed by atoms with E-state index >= 15 is 0 Å². The molecule has 0 rings (SSSR count). The molecule has 0 aromatic rings. The van der Waals surface area contributed by atoms with E-state index in [4.69, 9.17) is 4.18 Å². The fourth-order valence-electron chi connectivity index (χ4n) is 0.707. The lowest BCUT2D eigenvalue weighted by Gasteiger charge is -2.16. The van der Waals surface area contributed by atoms with Crippen LogP contribution < -0.4 is 0 Å². The van der Waals surface area contributed by atoms with E-state index in [-0.39, 0.29) is 17.1 Å². The average molecular weight is 219 g/mol. The van der Waals surface area contributed by atoms with Gasteiger partial charge in [-0.2, -0.15) is 0 Å². The second kappa shape index (κ2) is 6.70. The fraction of sp³-hybridized carbons (Fsp3) is 0.778. The Hall–Kier alpha value is -0.710. The van der Waals surface area contributed by atoms with E-state index in [0.717, 1.165) is 0 Å². The maximum absolute atomic E-state index is 11.3. The van der Waals surface area contributed by atoms with Crippen LogP contribution in [0.5, 0.6) is 0 Å². The zero-order valence-corrected chi connectivity index (χ0v) is 9.89. The van der Waals surface area contributed by atoms with Crippen LogP contribution in [0.15, 0.2) is 0 Å². The molecule has 0 radical (unpaired) electrons. The number of carbonyl (C=O) groups is 2. The van der Waals surface area contributed by atoms with Crippen molar-refractivity contribution in [3.8, 4) is 0 Å². The molecule has 0 saturated heterocycles. The molecule has 82 valence electrons. The molecule has 0 atom stereocenters. The van der Waals surface area contributed by atoms with Crippen LogP contribution in [0.4, 0.5) is 4.79 Å². The van der Waals surface area contributed by atoms with Crippen molar-refractivity contribution in [1.29, 1.82) is 0 Å². The minimum Gasteiger partial charge on any atom is -0.381 e. The summed E-state index contributed by atoms with van der Waals surface area (Å²) in [5, 5.41) is -0.219. The Kier molecular flexibility index (Phi) is 6.36. The Morgan fingerprint density at radius 3 is 2.14 bits per heavy atom. The van der Waals surface area contributed by atoms with E-state index in [0.29, 0.717) is 25.1 Å². The van der Waals surface area contributed by atoms with Gasteiger partial charge in [0.25, 0.3) is 0 Å². The van der Waals surface area contributed by atoms with E-state index in [1.54, 1.807) is 18.7 Å².